The molecule has 0 amide bonds. The number of halogens is 1. The van der Waals surface area contributed by atoms with E-state index >= 15 is 0 Å². The summed E-state index contributed by atoms with van der Waals surface area (Å²) in [5.74, 6) is 0.269. The van der Waals surface area contributed by atoms with Crippen LogP contribution in [0.2, 0.25) is 0 Å². The fourth-order valence-electron chi connectivity index (χ4n) is 3.23. The molecule has 0 spiro atoms. The van der Waals surface area contributed by atoms with Crippen molar-refractivity contribution in [2.45, 2.75) is 25.1 Å². The molecule has 0 saturated carbocycles. The molecule has 0 unspecified atom stereocenters. The minimum Gasteiger partial charge on any atom is -0.497 e. The molecule has 124 valence electrons. The first kappa shape index (κ1) is 16.4. The largest absolute Gasteiger partial charge is 0.497 e. The van der Waals surface area contributed by atoms with Gasteiger partial charge >= 0.3 is 0 Å². The van der Waals surface area contributed by atoms with E-state index in [0.717, 1.165) is 16.9 Å². The summed E-state index contributed by atoms with van der Waals surface area (Å²) in [5, 5.41) is 18.9. The zero-order valence-corrected chi connectivity index (χ0v) is 13.4. The van der Waals surface area contributed by atoms with Crippen molar-refractivity contribution in [3.05, 3.63) is 65.0 Å². The average Bonchev–Trinajstić information content (AvgIpc) is 2.95. The second-order valence-electron chi connectivity index (χ2n) is 6.04. The van der Waals surface area contributed by atoms with Gasteiger partial charge in [-0.1, -0.05) is 18.2 Å². The first-order valence-electron chi connectivity index (χ1n) is 7.85. The van der Waals surface area contributed by atoms with Crippen LogP contribution in [0.15, 0.2) is 42.5 Å². The maximum Gasteiger partial charge on any atom is 0.141 e. The summed E-state index contributed by atoms with van der Waals surface area (Å²) in [6.07, 6.45) is 0.218. The lowest BCUT2D eigenvalue weighted by Gasteiger charge is -2.25. The lowest BCUT2D eigenvalue weighted by atomic mass is 10.0. The Labute approximate surface area is 140 Å². The van der Waals surface area contributed by atoms with Crippen LogP contribution < -0.4 is 4.74 Å². The number of nitrogens with zero attached hydrogens (tertiary/aromatic N) is 2. The summed E-state index contributed by atoms with van der Waals surface area (Å²) >= 11 is 0. The van der Waals surface area contributed by atoms with Gasteiger partial charge < -0.3 is 9.84 Å². The topological polar surface area (TPSA) is 56.5 Å². The van der Waals surface area contributed by atoms with Crippen molar-refractivity contribution in [3.8, 4) is 11.8 Å². The fourth-order valence-corrected chi connectivity index (χ4v) is 3.23. The quantitative estimate of drug-likeness (QED) is 0.938. The van der Waals surface area contributed by atoms with Crippen LogP contribution in [0.1, 0.15) is 29.2 Å². The number of nitriles is 1. The molecule has 0 aliphatic carbocycles. The van der Waals surface area contributed by atoms with Crippen molar-refractivity contribution in [2.75, 3.05) is 13.7 Å². The molecule has 24 heavy (non-hydrogen) atoms. The SMILES string of the molecule is COc1cccc([C@H]2C[C@@H](O)CN2Cc2ccc(C#N)c(F)c2)c1. The zero-order valence-electron chi connectivity index (χ0n) is 13.4. The predicted molar refractivity (Wildman–Crippen MR) is 87.9 cm³/mol. The highest BCUT2D eigenvalue weighted by Gasteiger charge is 2.32. The predicted octanol–water partition coefficient (Wildman–Crippen LogP) is 3.01. The molecule has 1 heterocycles. The normalized spacial score (nSPS) is 20.8. The monoisotopic (exact) mass is 326 g/mol. The number of hydrogen-bond acceptors (Lipinski definition) is 4. The molecule has 1 N–H and O–H groups in total. The standard InChI is InChI=1S/C19H19FN2O2/c1-24-17-4-2-3-14(8-17)19-9-16(23)12-22(19)11-13-5-6-15(10-21)18(20)7-13/h2-8,16,19,23H,9,11-12H2,1H3/t16-,19-/m1/s1. The van der Waals surface area contributed by atoms with Gasteiger partial charge in [0.05, 0.1) is 18.8 Å². The first-order chi connectivity index (χ1) is 11.6. The van der Waals surface area contributed by atoms with Gasteiger partial charge in [0.15, 0.2) is 0 Å². The molecule has 2 aromatic rings. The Bertz CT molecular complexity index is 772. The van der Waals surface area contributed by atoms with Crippen LogP contribution >= 0.6 is 0 Å². The Morgan fingerprint density at radius 3 is 2.88 bits per heavy atom. The van der Waals surface area contributed by atoms with E-state index in [1.807, 2.05) is 30.3 Å². The van der Waals surface area contributed by atoms with Crippen LogP contribution in [0.5, 0.6) is 5.75 Å². The van der Waals surface area contributed by atoms with E-state index in [1.165, 1.54) is 12.1 Å². The molecule has 0 aromatic heterocycles. The maximum atomic E-state index is 13.8. The highest BCUT2D eigenvalue weighted by Crippen LogP contribution is 2.34. The van der Waals surface area contributed by atoms with E-state index in [1.54, 1.807) is 13.2 Å². The van der Waals surface area contributed by atoms with Crippen LogP contribution in [-0.4, -0.2) is 29.8 Å². The molecule has 1 aliphatic heterocycles. The third-order valence-electron chi connectivity index (χ3n) is 4.40. The van der Waals surface area contributed by atoms with E-state index in [0.29, 0.717) is 19.5 Å². The molecule has 4 nitrogen and oxygen atoms in total. The number of likely N-dealkylation sites (tertiary alicyclic amines) is 1. The Morgan fingerprint density at radius 1 is 1.33 bits per heavy atom. The van der Waals surface area contributed by atoms with E-state index in [2.05, 4.69) is 4.90 Å². The van der Waals surface area contributed by atoms with E-state index in [4.69, 9.17) is 10.00 Å². The molecule has 1 aliphatic rings. The zero-order chi connectivity index (χ0) is 17.1. The van der Waals surface area contributed by atoms with Crippen molar-refractivity contribution in [1.82, 2.24) is 4.90 Å². The molecular weight excluding hydrogens is 307 g/mol. The van der Waals surface area contributed by atoms with E-state index < -0.39 is 11.9 Å². The van der Waals surface area contributed by atoms with Crippen molar-refractivity contribution in [2.24, 2.45) is 0 Å². The van der Waals surface area contributed by atoms with Gasteiger partial charge in [-0.3, -0.25) is 4.90 Å². The third kappa shape index (κ3) is 3.40. The van der Waals surface area contributed by atoms with E-state index in [9.17, 15) is 9.50 Å². The Kier molecular flexibility index (Phi) is 4.79. The number of benzene rings is 2. The molecule has 0 bridgehead atoms. The van der Waals surface area contributed by atoms with Crippen molar-refractivity contribution in [1.29, 1.82) is 5.26 Å². The first-order valence-corrected chi connectivity index (χ1v) is 7.85. The van der Waals surface area contributed by atoms with Crippen LogP contribution in [0, 0.1) is 17.1 Å². The minimum atomic E-state index is -0.507. The highest BCUT2D eigenvalue weighted by molar-refractivity contribution is 5.34. The summed E-state index contributed by atoms with van der Waals surface area (Å²) in [7, 11) is 1.62. The van der Waals surface area contributed by atoms with Crippen LogP contribution in [0.3, 0.4) is 0 Å². The number of ether oxygens (including phenoxy) is 1. The second-order valence-corrected chi connectivity index (χ2v) is 6.04. The van der Waals surface area contributed by atoms with Gasteiger partial charge in [0.1, 0.15) is 17.6 Å². The summed E-state index contributed by atoms with van der Waals surface area (Å²) in [4.78, 5) is 2.13. The smallest absolute Gasteiger partial charge is 0.141 e. The van der Waals surface area contributed by atoms with Crippen molar-refractivity contribution in [3.63, 3.8) is 0 Å². The number of aliphatic hydroxyl groups excluding tert-OH is 1. The summed E-state index contributed by atoms with van der Waals surface area (Å²) < 4.78 is 19.1. The maximum absolute atomic E-state index is 13.8. The highest BCUT2D eigenvalue weighted by atomic mass is 19.1. The lowest BCUT2D eigenvalue weighted by Crippen LogP contribution is -2.24. The molecule has 2 atom stereocenters. The van der Waals surface area contributed by atoms with Gasteiger partial charge in [0, 0.05) is 19.1 Å². The Balaban J connectivity index is 1.83. The molecule has 2 aromatic carbocycles. The number of β-amino-alcohol motifs (C(OH)–C–C–N with tert-alkyl or cyclic N) is 1. The number of hydrogen-bond donors (Lipinski definition) is 1. The van der Waals surface area contributed by atoms with Gasteiger partial charge in [-0.05, 0) is 41.8 Å². The van der Waals surface area contributed by atoms with Gasteiger partial charge in [0.2, 0.25) is 0 Å². The van der Waals surface area contributed by atoms with Crippen LogP contribution in [0.4, 0.5) is 4.39 Å². The molecule has 1 fully saturated rings. The third-order valence-corrected chi connectivity index (χ3v) is 4.40. The number of aliphatic hydroxyl groups is 1. The molecular formula is C19H19FN2O2. The summed E-state index contributed by atoms with van der Waals surface area (Å²) in [5.41, 5.74) is 1.90. The fraction of sp³-hybridized carbons (Fsp3) is 0.316. The van der Waals surface area contributed by atoms with Gasteiger partial charge in [-0.25, -0.2) is 4.39 Å². The molecule has 3 rings (SSSR count). The van der Waals surface area contributed by atoms with Crippen molar-refractivity contribution >= 4 is 0 Å². The molecule has 1 saturated heterocycles. The number of methoxy groups -OCH3 is 1. The van der Waals surface area contributed by atoms with Gasteiger partial charge in [-0.15, -0.1) is 0 Å². The number of rotatable bonds is 4. The Hall–Kier alpha value is -2.42. The molecule has 0 radical (unpaired) electrons. The van der Waals surface area contributed by atoms with Crippen LogP contribution in [-0.2, 0) is 6.54 Å². The van der Waals surface area contributed by atoms with Gasteiger partial charge in [0.25, 0.3) is 0 Å². The average molecular weight is 326 g/mol. The molecule has 5 heteroatoms. The van der Waals surface area contributed by atoms with E-state index in [-0.39, 0.29) is 11.6 Å². The summed E-state index contributed by atoms with van der Waals surface area (Å²) in [6, 6.07) is 14.3. The lowest BCUT2D eigenvalue weighted by molar-refractivity contribution is 0.172. The minimum absolute atomic E-state index is 0.0459. The van der Waals surface area contributed by atoms with Crippen LogP contribution in [0.25, 0.3) is 0 Å². The summed E-state index contributed by atoms with van der Waals surface area (Å²) in [6.45, 7) is 1.05. The van der Waals surface area contributed by atoms with Crippen molar-refractivity contribution < 1.29 is 14.2 Å². The second kappa shape index (κ2) is 7.00. The Morgan fingerprint density at radius 2 is 2.17 bits per heavy atom. The van der Waals surface area contributed by atoms with Gasteiger partial charge in [-0.2, -0.15) is 5.26 Å².